The summed E-state index contributed by atoms with van der Waals surface area (Å²) in [5, 5.41) is 3.58. The molecule has 1 aliphatic carbocycles. The Kier molecular flexibility index (Phi) is 4.90. The van der Waals surface area contributed by atoms with Gasteiger partial charge in [-0.05, 0) is 48.8 Å². The second-order valence-electron chi connectivity index (χ2n) is 5.39. The van der Waals surface area contributed by atoms with E-state index >= 15 is 0 Å². The van der Waals surface area contributed by atoms with Crippen LogP contribution in [0.4, 0.5) is 0 Å². The first-order chi connectivity index (χ1) is 10.7. The molecule has 4 nitrogen and oxygen atoms in total. The highest BCUT2D eigenvalue weighted by Gasteiger charge is 2.16. The molecule has 0 fully saturated rings. The molecule has 0 aromatic carbocycles. The normalized spacial score (nSPS) is 14.5. The minimum atomic E-state index is -0.287. The van der Waals surface area contributed by atoms with E-state index in [2.05, 4.69) is 10.9 Å². The van der Waals surface area contributed by atoms with Gasteiger partial charge in [-0.1, -0.05) is 12.8 Å². The molecule has 2 amide bonds. The molecular formula is C16H18N2O2S2. The van der Waals surface area contributed by atoms with E-state index < -0.39 is 0 Å². The number of carbonyl (C=O) groups is 2. The lowest BCUT2D eigenvalue weighted by atomic mass is 10.00. The van der Waals surface area contributed by atoms with Crippen molar-refractivity contribution in [1.82, 2.24) is 10.9 Å². The van der Waals surface area contributed by atoms with Crippen molar-refractivity contribution in [2.45, 2.75) is 38.5 Å². The highest BCUT2D eigenvalue weighted by atomic mass is 32.1. The molecule has 0 spiro atoms. The molecule has 2 aromatic heterocycles. The van der Waals surface area contributed by atoms with Gasteiger partial charge in [-0.25, -0.2) is 0 Å². The number of rotatable bonds is 2. The lowest BCUT2D eigenvalue weighted by Crippen LogP contribution is -2.41. The summed E-state index contributed by atoms with van der Waals surface area (Å²) in [5.74, 6) is -0.523. The Morgan fingerprint density at radius 1 is 1.00 bits per heavy atom. The van der Waals surface area contributed by atoms with Gasteiger partial charge >= 0.3 is 0 Å². The van der Waals surface area contributed by atoms with E-state index in [1.54, 1.807) is 22.8 Å². The van der Waals surface area contributed by atoms with Gasteiger partial charge in [-0.2, -0.15) is 11.3 Å². The van der Waals surface area contributed by atoms with Crippen molar-refractivity contribution >= 4 is 34.5 Å². The fourth-order valence-electron chi connectivity index (χ4n) is 2.60. The Bertz CT molecular complexity index is 636. The predicted molar refractivity (Wildman–Crippen MR) is 89.4 cm³/mol. The van der Waals surface area contributed by atoms with Crippen LogP contribution < -0.4 is 10.9 Å². The zero-order valence-corrected chi connectivity index (χ0v) is 13.8. The topological polar surface area (TPSA) is 58.2 Å². The average Bonchev–Trinajstić information content (AvgIpc) is 3.14. The molecule has 0 bridgehead atoms. The van der Waals surface area contributed by atoms with Crippen LogP contribution in [-0.2, 0) is 12.8 Å². The molecular weight excluding hydrogens is 316 g/mol. The lowest BCUT2D eigenvalue weighted by Gasteiger charge is -2.07. The second-order valence-corrected chi connectivity index (χ2v) is 7.31. The van der Waals surface area contributed by atoms with Gasteiger partial charge < -0.3 is 0 Å². The molecule has 22 heavy (non-hydrogen) atoms. The molecule has 6 heteroatoms. The Balaban J connectivity index is 1.62. The Labute approximate surface area is 137 Å². The van der Waals surface area contributed by atoms with Crippen LogP contribution in [0.5, 0.6) is 0 Å². The van der Waals surface area contributed by atoms with E-state index in [0.29, 0.717) is 10.4 Å². The van der Waals surface area contributed by atoms with Crippen LogP contribution in [0, 0.1) is 0 Å². The zero-order valence-electron chi connectivity index (χ0n) is 12.2. The van der Waals surface area contributed by atoms with Gasteiger partial charge in [-0.15, -0.1) is 11.3 Å². The van der Waals surface area contributed by atoms with Crippen LogP contribution in [0.3, 0.4) is 0 Å². The summed E-state index contributed by atoms with van der Waals surface area (Å²) in [7, 11) is 0. The molecule has 0 atom stereocenters. The minimum absolute atomic E-state index is 0.236. The SMILES string of the molecule is O=C(NNC(=O)c1cc2c(s1)CCCCCC2)c1ccsc1. The van der Waals surface area contributed by atoms with E-state index in [1.165, 1.54) is 47.5 Å². The summed E-state index contributed by atoms with van der Waals surface area (Å²) >= 11 is 3.00. The van der Waals surface area contributed by atoms with Gasteiger partial charge in [0.1, 0.15) is 0 Å². The number of hydrogen-bond acceptors (Lipinski definition) is 4. The Hall–Kier alpha value is -1.66. The van der Waals surface area contributed by atoms with Crippen LogP contribution in [0.25, 0.3) is 0 Å². The summed E-state index contributed by atoms with van der Waals surface area (Å²) in [6.45, 7) is 0. The standard InChI is InChI=1S/C16H18N2O2S2/c19-15(12-7-8-21-10-12)17-18-16(20)14-9-11-5-3-1-2-4-6-13(11)22-14/h7-10H,1-6H2,(H,17,19)(H,18,20). The van der Waals surface area contributed by atoms with E-state index in [1.807, 2.05) is 11.4 Å². The number of fused-ring (bicyclic) bond motifs is 1. The maximum Gasteiger partial charge on any atom is 0.279 e. The average molecular weight is 334 g/mol. The minimum Gasteiger partial charge on any atom is -0.267 e. The van der Waals surface area contributed by atoms with Gasteiger partial charge in [0, 0.05) is 10.3 Å². The molecule has 0 radical (unpaired) electrons. The van der Waals surface area contributed by atoms with Crippen LogP contribution >= 0.6 is 22.7 Å². The third kappa shape index (κ3) is 3.56. The number of nitrogens with one attached hydrogen (secondary N) is 2. The van der Waals surface area contributed by atoms with E-state index in [-0.39, 0.29) is 11.8 Å². The molecule has 0 saturated heterocycles. The highest BCUT2D eigenvalue weighted by Crippen LogP contribution is 2.28. The first-order valence-corrected chi connectivity index (χ1v) is 9.24. The number of hydrogen-bond donors (Lipinski definition) is 2. The number of hydrazine groups is 1. The van der Waals surface area contributed by atoms with E-state index in [0.717, 1.165) is 12.8 Å². The number of thiophene rings is 2. The predicted octanol–water partition coefficient (Wildman–Crippen LogP) is 3.54. The maximum atomic E-state index is 12.2. The molecule has 2 heterocycles. The van der Waals surface area contributed by atoms with Gasteiger partial charge in [0.05, 0.1) is 10.4 Å². The van der Waals surface area contributed by atoms with Crippen molar-refractivity contribution < 1.29 is 9.59 Å². The molecule has 2 aromatic rings. The third-order valence-electron chi connectivity index (χ3n) is 3.79. The molecule has 2 N–H and O–H groups in total. The molecule has 0 aliphatic heterocycles. The van der Waals surface area contributed by atoms with Crippen molar-refractivity contribution in [2.24, 2.45) is 0 Å². The second kappa shape index (κ2) is 7.07. The first kappa shape index (κ1) is 15.2. The van der Waals surface area contributed by atoms with Gasteiger partial charge in [0.2, 0.25) is 0 Å². The van der Waals surface area contributed by atoms with Crippen molar-refractivity contribution in [3.8, 4) is 0 Å². The summed E-state index contributed by atoms with van der Waals surface area (Å²) in [4.78, 5) is 26.0. The fraction of sp³-hybridized carbons (Fsp3) is 0.375. The molecule has 1 aliphatic rings. The summed E-state index contributed by atoms with van der Waals surface area (Å²) in [6.07, 6.45) is 7.06. The first-order valence-electron chi connectivity index (χ1n) is 7.48. The highest BCUT2D eigenvalue weighted by molar-refractivity contribution is 7.14. The molecule has 0 saturated carbocycles. The Morgan fingerprint density at radius 3 is 2.55 bits per heavy atom. The number of aryl methyl sites for hydroxylation is 2. The Morgan fingerprint density at radius 2 is 1.77 bits per heavy atom. The molecule has 0 unspecified atom stereocenters. The quantitative estimate of drug-likeness (QED) is 0.825. The summed E-state index contributed by atoms with van der Waals surface area (Å²) < 4.78 is 0. The summed E-state index contributed by atoms with van der Waals surface area (Å²) in [5.41, 5.74) is 6.83. The van der Waals surface area contributed by atoms with Crippen LogP contribution in [0.2, 0.25) is 0 Å². The zero-order chi connectivity index (χ0) is 15.4. The van der Waals surface area contributed by atoms with Gasteiger partial charge in [-0.3, -0.25) is 20.4 Å². The fourth-order valence-corrected chi connectivity index (χ4v) is 4.38. The number of carbonyl (C=O) groups excluding carboxylic acids is 2. The van der Waals surface area contributed by atoms with Crippen molar-refractivity contribution in [3.05, 3.63) is 43.8 Å². The van der Waals surface area contributed by atoms with Gasteiger partial charge in [0.15, 0.2) is 0 Å². The molecule has 116 valence electrons. The number of amides is 2. The largest absolute Gasteiger partial charge is 0.279 e. The van der Waals surface area contributed by atoms with Crippen molar-refractivity contribution in [3.63, 3.8) is 0 Å². The smallest absolute Gasteiger partial charge is 0.267 e. The summed E-state index contributed by atoms with van der Waals surface area (Å²) in [6, 6.07) is 3.71. The van der Waals surface area contributed by atoms with Crippen LogP contribution in [0.1, 0.15) is 56.2 Å². The maximum absolute atomic E-state index is 12.2. The third-order valence-corrected chi connectivity index (χ3v) is 5.71. The lowest BCUT2D eigenvalue weighted by molar-refractivity contribution is 0.0849. The van der Waals surface area contributed by atoms with Crippen molar-refractivity contribution in [1.29, 1.82) is 0 Å². The monoisotopic (exact) mass is 334 g/mol. The van der Waals surface area contributed by atoms with E-state index in [9.17, 15) is 9.59 Å². The molecule has 3 rings (SSSR count). The van der Waals surface area contributed by atoms with Crippen LogP contribution in [-0.4, -0.2) is 11.8 Å². The van der Waals surface area contributed by atoms with Crippen molar-refractivity contribution in [2.75, 3.05) is 0 Å². The van der Waals surface area contributed by atoms with E-state index in [4.69, 9.17) is 0 Å². The van der Waals surface area contributed by atoms with Crippen LogP contribution in [0.15, 0.2) is 22.9 Å². The van der Waals surface area contributed by atoms with Gasteiger partial charge in [0.25, 0.3) is 11.8 Å².